The van der Waals surface area contributed by atoms with Crippen LogP contribution in [-0.2, 0) is 19.4 Å². The van der Waals surface area contributed by atoms with Crippen LogP contribution in [0, 0.1) is 11.7 Å². The predicted octanol–water partition coefficient (Wildman–Crippen LogP) is 6.37. The molecule has 0 unspecified atom stereocenters. The Balaban J connectivity index is 1.15. The third-order valence-corrected chi connectivity index (χ3v) is 7.22. The first-order valence-corrected chi connectivity index (χ1v) is 13.9. The Labute approximate surface area is 235 Å². The maximum absolute atomic E-state index is 14.3. The molecule has 1 fully saturated rings. The SMILES string of the molecule is O=C(NCc1cccnc1)Nc1ccc(OCCc2ccc(F)cc2-c2cccc(CC3CCNCC3)c2)cc1. The van der Waals surface area contributed by atoms with Crippen molar-refractivity contribution in [3.8, 4) is 16.9 Å². The highest BCUT2D eigenvalue weighted by molar-refractivity contribution is 5.89. The molecule has 0 spiro atoms. The standard InChI is InChI=1S/C33H35FN4O2/c34-29-7-6-27(32(21-29)28-5-1-3-25(20-28)19-24-12-16-35-17-13-24)14-18-40-31-10-8-30(9-11-31)38-33(39)37-23-26-4-2-15-36-22-26/h1-11,15,20-22,24,35H,12-14,16-19,23H2,(H2,37,38,39). The molecule has 1 saturated heterocycles. The molecule has 0 saturated carbocycles. The van der Waals surface area contributed by atoms with E-state index in [0.717, 1.165) is 41.8 Å². The number of ether oxygens (including phenoxy) is 1. The molecular weight excluding hydrogens is 503 g/mol. The van der Waals surface area contributed by atoms with E-state index in [4.69, 9.17) is 4.74 Å². The second kappa shape index (κ2) is 13.7. The van der Waals surface area contributed by atoms with Crippen LogP contribution in [0.25, 0.3) is 11.1 Å². The number of nitrogens with zero attached hydrogens (tertiary/aromatic N) is 1. The molecule has 40 heavy (non-hydrogen) atoms. The van der Waals surface area contributed by atoms with Crippen molar-refractivity contribution in [1.82, 2.24) is 15.6 Å². The van der Waals surface area contributed by atoms with Gasteiger partial charge >= 0.3 is 6.03 Å². The predicted molar refractivity (Wildman–Crippen MR) is 157 cm³/mol. The first-order chi connectivity index (χ1) is 19.6. The molecule has 3 N–H and O–H groups in total. The van der Waals surface area contributed by atoms with Gasteiger partial charge in [-0.1, -0.05) is 36.4 Å². The molecule has 5 rings (SSSR count). The molecule has 1 aliphatic rings. The number of hydrogen-bond acceptors (Lipinski definition) is 4. The first kappa shape index (κ1) is 27.3. The van der Waals surface area contributed by atoms with Crippen molar-refractivity contribution in [2.45, 2.75) is 32.2 Å². The zero-order chi connectivity index (χ0) is 27.6. The Morgan fingerprint density at radius 3 is 2.60 bits per heavy atom. The monoisotopic (exact) mass is 538 g/mol. The average molecular weight is 539 g/mol. The molecular formula is C33H35FN4O2. The van der Waals surface area contributed by atoms with Crippen LogP contribution in [0.5, 0.6) is 5.75 Å². The smallest absolute Gasteiger partial charge is 0.319 e. The number of carbonyl (C=O) groups is 1. The van der Waals surface area contributed by atoms with Gasteiger partial charge in [0.05, 0.1) is 6.61 Å². The maximum Gasteiger partial charge on any atom is 0.319 e. The van der Waals surface area contributed by atoms with E-state index in [2.05, 4.69) is 45.2 Å². The lowest BCUT2D eigenvalue weighted by Crippen LogP contribution is -2.28. The quantitative estimate of drug-likeness (QED) is 0.219. The Morgan fingerprint density at radius 2 is 1.80 bits per heavy atom. The minimum atomic E-state index is -0.291. The van der Waals surface area contributed by atoms with Crippen LogP contribution in [0.1, 0.15) is 29.5 Å². The van der Waals surface area contributed by atoms with Crippen molar-refractivity contribution >= 4 is 11.7 Å². The van der Waals surface area contributed by atoms with Crippen LogP contribution in [0.15, 0.2) is 91.3 Å². The Bertz CT molecular complexity index is 1390. The van der Waals surface area contributed by atoms with Crippen LogP contribution < -0.4 is 20.7 Å². The van der Waals surface area contributed by atoms with Gasteiger partial charge in [0.1, 0.15) is 11.6 Å². The molecule has 2 amide bonds. The molecule has 206 valence electrons. The Kier molecular flexibility index (Phi) is 9.37. The van der Waals surface area contributed by atoms with Gasteiger partial charge in [0.15, 0.2) is 0 Å². The third kappa shape index (κ3) is 7.90. The summed E-state index contributed by atoms with van der Waals surface area (Å²) in [7, 11) is 0. The van der Waals surface area contributed by atoms with E-state index in [1.54, 1.807) is 30.6 Å². The van der Waals surface area contributed by atoms with Gasteiger partial charge in [-0.15, -0.1) is 0 Å². The lowest BCUT2D eigenvalue weighted by atomic mass is 9.89. The summed E-state index contributed by atoms with van der Waals surface area (Å²) in [5, 5.41) is 9.06. The summed E-state index contributed by atoms with van der Waals surface area (Å²) in [6.07, 6.45) is 7.51. The molecule has 0 bridgehead atoms. The number of halogens is 1. The lowest BCUT2D eigenvalue weighted by Gasteiger charge is -2.22. The summed E-state index contributed by atoms with van der Waals surface area (Å²) in [5.41, 5.74) is 5.89. The molecule has 0 aliphatic carbocycles. The summed E-state index contributed by atoms with van der Waals surface area (Å²) in [6.45, 7) is 3.01. The van der Waals surface area contributed by atoms with Crippen LogP contribution in [-0.4, -0.2) is 30.7 Å². The molecule has 4 aromatic rings. The zero-order valence-electron chi connectivity index (χ0n) is 22.5. The highest BCUT2D eigenvalue weighted by Gasteiger charge is 2.15. The highest BCUT2D eigenvalue weighted by atomic mass is 19.1. The van der Waals surface area contributed by atoms with Gasteiger partial charge in [0, 0.05) is 31.0 Å². The van der Waals surface area contributed by atoms with E-state index in [1.165, 1.54) is 24.5 Å². The van der Waals surface area contributed by atoms with E-state index >= 15 is 0 Å². The van der Waals surface area contributed by atoms with E-state index in [1.807, 2.05) is 30.3 Å². The number of nitrogens with one attached hydrogen (secondary N) is 3. The Morgan fingerprint density at radius 1 is 0.975 bits per heavy atom. The molecule has 6 nitrogen and oxygen atoms in total. The number of piperidine rings is 1. The van der Waals surface area contributed by atoms with Crippen molar-refractivity contribution in [2.75, 3.05) is 25.0 Å². The van der Waals surface area contributed by atoms with Gasteiger partial charge in [-0.3, -0.25) is 4.98 Å². The second-order valence-corrected chi connectivity index (χ2v) is 10.2. The maximum atomic E-state index is 14.3. The van der Waals surface area contributed by atoms with Gasteiger partial charge in [-0.25, -0.2) is 9.18 Å². The number of hydrogen-bond donors (Lipinski definition) is 3. The summed E-state index contributed by atoms with van der Waals surface area (Å²) in [4.78, 5) is 16.2. The average Bonchev–Trinajstić information content (AvgIpc) is 2.99. The first-order valence-electron chi connectivity index (χ1n) is 13.9. The second-order valence-electron chi connectivity index (χ2n) is 10.2. The largest absolute Gasteiger partial charge is 0.493 e. The number of benzene rings is 3. The number of carbonyl (C=O) groups excluding carboxylic acids is 1. The van der Waals surface area contributed by atoms with E-state index in [-0.39, 0.29) is 11.8 Å². The molecule has 1 aromatic heterocycles. The van der Waals surface area contributed by atoms with Gasteiger partial charge in [-0.05, 0) is 109 Å². The number of amides is 2. The van der Waals surface area contributed by atoms with Crippen LogP contribution in [0.3, 0.4) is 0 Å². The fraction of sp³-hybridized carbons (Fsp3) is 0.273. The summed E-state index contributed by atoms with van der Waals surface area (Å²) in [5.74, 6) is 1.16. The summed E-state index contributed by atoms with van der Waals surface area (Å²) >= 11 is 0. The molecule has 7 heteroatoms. The minimum Gasteiger partial charge on any atom is -0.493 e. The van der Waals surface area contributed by atoms with E-state index < -0.39 is 0 Å². The van der Waals surface area contributed by atoms with Crippen molar-refractivity contribution < 1.29 is 13.9 Å². The van der Waals surface area contributed by atoms with Crippen molar-refractivity contribution in [3.63, 3.8) is 0 Å². The fourth-order valence-corrected chi connectivity index (χ4v) is 5.09. The summed E-state index contributed by atoms with van der Waals surface area (Å²) in [6, 6.07) is 24.2. The normalized spacial score (nSPS) is 13.5. The lowest BCUT2D eigenvalue weighted by molar-refractivity contribution is 0.251. The highest BCUT2D eigenvalue weighted by Crippen LogP contribution is 2.28. The van der Waals surface area contributed by atoms with Crippen LogP contribution in [0.2, 0.25) is 0 Å². The number of rotatable bonds is 10. The molecule has 0 atom stereocenters. The van der Waals surface area contributed by atoms with Crippen molar-refractivity contribution in [1.29, 1.82) is 0 Å². The number of anilines is 1. The molecule has 2 heterocycles. The zero-order valence-corrected chi connectivity index (χ0v) is 22.5. The number of urea groups is 1. The topological polar surface area (TPSA) is 75.3 Å². The van der Waals surface area contributed by atoms with Crippen molar-refractivity contribution in [2.24, 2.45) is 5.92 Å². The minimum absolute atomic E-state index is 0.240. The van der Waals surface area contributed by atoms with Crippen LogP contribution in [0.4, 0.5) is 14.9 Å². The van der Waals surface area contributed by atoms with Gasteiger partial charge in [0.2, 0.25) is 0 Å². The van der Waals surface area contributed by atoms with E-state index in [0.29, 0.717) is 36.9 Å². The van der Waals surface area contributed by atoms with E-state index in [9.17, 15) is 9.18 Å². The molecule has 3 aromatic carbocycles. The molecule has 0 radical (unpaired) electrons. The van der Waals surface area contributed by atoms with Crippen molar-refractivity contribution in [3.05, 3.63) is 114 Å². The van der Waals surface area contributed by atoms with Gasteiger partial charge in [-0.2, -0.15) is 0 Å². The fourth-order valence-electron chi connectivity index (χ4n) is 5.09. The van der Waals surface area contributed by atoms with Gasteiger partial charge in [0.25, 0.3) is 0 Å². The third-order valence-electron chi connectivity index (χ3n) is 7.22. The van der Waals surface area contributed by atoms with Gasteiger partial charge < -0.3 is 20.7 Å². The molecule has 1 aliphatic heterocycles. The number of pyridine rings is 1. The Hall–Kier alpha value is -4.23. The number of aromatic nitrogens is 1. The summed E-state index contributed by atoms with van der Waals surface area (Å²) < 4.78 is 20.3. The van der Waals surface area contributed by atoms with Crippen LogP contribution >= 0.6 is 0 Å².